The third-order valence-electron chi connectivity index (χ3n) is 3.58. The SMILES string of the molecule is Cc1cc(=O)n2[nH]c(C3CCCC(N)C3)nc2n1. The zero-order chi connectivity index (χ0) is 12.7. The third kappa shape index (κ3) is 1.92. The Morgan fingerprint density at radius 1 is 1.44 bits per heavy atom. The molecule has 1 aliphatic carbocycles. The minimum Gasteiger partial charge on any atom is -0.328 e. The van der Waals surface area contributed by atoms with Crippen LogP contribution >= 0.6 is 0 Å². The van der Waals surface area contributed by atoms with Crippen molar-refractivity contribution in [1.82, 2.24) is 19.6 Å². The number of H-pyrrole nitrogens is 1. The summed E-state index contributed by atoms with van der Waals surface area (Å²) < 4.78 is 1.41. The fraction of sp³-hybridized carbons (Fsp3) is 0.583. The Morgan fingerprint density at radius 2 is 2.28 bits per heavy atom. The second kappa shape index (κ2) is 4.20. The van der Waals surface area contributed by atoms with Crippen molar-refractivity contribution >= 4 is 5.78 Å². The molecule has 0 spiro atoms. The van der Waals surface area contributed by atoms with E-state index in [1.807, 2.05) is 0 Å². The Balaban J connectivity index is 2.03. The number of fused-ring (bicyclic) bond motifs is 1. The first-order valence-electron chi connectivity index (χ1n) is 6.35. The maximum Gasteiger partial charge on any atom is 0.274 e. The Morgan fingerprint density at radius 3 is 3.06 bits per heavy atom. The molecule has 18 heavy (non-hydrogen) atoms. The van der Waals surface area contributed by atoms with Crippen molar-refractivity contribution in [2.75, 3.05) is 0 Å². The second-order valence-corrected chi connectivity index (χ2v) is 5.10. The zero-order valence-corrected chi connectivity index (χ0v) is 10.4. The van der Waals surface area contributed by atoms with Crippen LogP contribution in [0.3, 0.4) is 0 Å². The van der Waals surface area contributed by atoms with E-state index in [0.717, 1.165) is 31.5 Å². The Hall–Kier alpha value is -1.69. The van der Waals surface area contributed by atoms with E-state index in [-0.39, 0.29) is 11.6 Å². The summed E-state index contributed by atoms with van der Waals surface area (Å²) in [5.74, 6) is 1.60. The van der Waals surface area contributed by atoms with Gasteiger partial charge in [-0.25, -0.2) is 4.98 Å². The highest BCUT2D eigenvalue weighted by Crippen LogP contribution is 2.30. The summed E-state index contributed by atoms with van der Waals surface area (Å²) in [6.07, 6.45) is 4.19. The van der Waals surface area contributed by atoms with Crippen molar-refractivity contribution in [3.05, 3.63) is 27.9 Å². The topological polar surface area (TPSA) is 89.1 Å². The van der Waals surface area contributed by atoms with Crippen LogP contribution in [-0.4, -0.2) is 25.6 Å². The highest BCUT2D eigenvalue weighted by Gasteiger charge is 2.23. The predicted molar refractivity (Wildman–Crippen MR) is 67.5 cm³/mol. The van der Waals surface area contributed by atoms with E-state index in [2.05, 4.69) is 15.1 Å². The van der Waals surface area contributed by atoms with Crippen molar-refractivity contribution in [3.63, 3.8) is 0 Å². The molecule has 1 saturated carbocycles. The van der Waals surface area contributed by atoms with Crippen molar-refractivity contribution in [1.29, 1.82) is 0 Å². The summed E-state index contributed by atoms with van der Waals surface area (Å²) in [6.45, 7) is 1.80. The number of aromatic nitrogens is 4. The molecule has 0 aliphatic heterocycles. The molecule has 0 saturated heterocycles. The number of rotatable bonds is 1. The molecule has 1 fully saturated rings. The number of aryl methyl sites for hydroxylation is 1. The first-order valence-corrected chi connectivity index (χ1v) is 6.35. The molecule has 1 aliphatic rings. The maximum absolute atomic E-state index is 11.8. The summed E-state index contributed by atoms with van der Waals surface area (Å²) in [5.41, 5.74) is 6.56. The van der Waals surface area contributed by atoms with Gasteiger partial charge in [0.2, 0.25) is 0 Å². The van der Waals surface area contributed by atoms with Crippen LogP contribution in [0.25, 0.3) is 5.78 Å². The van der Waals surface area contributed by atoms with E-state index >= 15 is 0 Å². The molecule has 6 nitrogen and oxygen atoms in total. The van der Waals surface area contributed by atoms with Gasteiger partial charge < -0.3 is 5.73 Å². The van der Waals surface area contributed by atoms with Gasteiger partial charge in [0.1, 0.15) is 5.82 Å². The Kier molecular flexibility index (Phi) is 2.66. The number of hydrogen-bond donors (Lipinski definition) is 2. The Labute approximate surface area is 104 Å². The number of nitrogens with one attached hydrogen (secondary N) is 1. The van der Waals surface area contributed by atoms with Crippen molar-refractivity contribution < 1.29 is 0 Å². The van der Waals surface area contributed by atoms with Gasteiger partial charge in [-0.2, -0.15) is 9.50 Å². The summed E-state index contributed by atoms with van der Waals surface area (Å²) >= 11 is 0. The highest BCUT2D eigenvalue weighted by atomic mass is 16.1. The predicted octanol–water partition coefficient (Wildman–Crippen LogP) is 0.711. The van der Waals surface area contributed by atoms with E-state index < -0.39 is 0 Å². The molecule has 2 atom stereocenters. The average molecular weight is 247 g/mol. The van der Waals surface area contributed by atoms with Gasteiger partial charge in [0.15, 0.2) is 0 Å². The molecule has 0 radical (unpaired) electrons. The van der Waals surface area contributed by atoms with Gasteiger partial charge in [-0.15, -0.1) is 0 Å². The fourth-order valence-corrected chi connectivity index (χ4v) is 2.67. The lowest BCUT2D eigenvalue weighted by Crippen LogP contribution is -2.27. The number of nitrogens with zero attached hydrogens (tertiary/aromatic N) is 3. The van der Waals surface area contributed by atoms with Gasteiger partial charge in [-0.05, 0) is 26.2 Å². The molecule has 96 valence electrons. The van der Waals surface area contributed by atoms with E-state index in [4.69, 9.17) is 5.73 Å². The summed E-state index contributed by atoms with van der Waals surface area (Å²) in [5, 5.41) is 3.06. The monoisotopic (exact) mass is 247 g/mol. The maximum atomic E-state index is 11.8. The van der Waals surface area contributed by atoms with Gasteiger partial charge in [0, 0.05) is 23.7 Å². The molecule has 0 aromatic carbocycles. The van der Waals surface area contributed by atoms with Crippen LogP contribution in [0, 0.1) is 6.92 Å². The molecule has 6 heteroatoms. The fourth-order valence-electron chi connectivity index (χ4n) is 2.67. The standard InChI is InChI=1S/C12H17N5O/c1-7-5-10(18)17-12(14-7)15-11(16-17)8-3-2-4-9(13)6-8/h5,8-9H,2-4,6,13H2,1H3,(H,14,15,16). The van der Waals surface area contributed by atoms with Gasteiger partial charge in [0.25, 0.3) is 11.3 Å². The summed E-state index contributed by atoms with van der Waals surface area (Å²) in [7, 11) is 0. The van der Waals surface area contributed by atoms with Crippen molar-refractivity contribution in [2.24, 2.45) is 5.73 Å². The molecular weight excluding hydrogens is 230 g/mol. The van der Waals surface area contributed by atoms with Gasteiger partial charge in [0.05, 0.1) is 0 Å². The highest BCUT2D eigenvalue weighted by molar-refractivity contribution is 5.28. The lowest BCUT2D eigenvalue weighted by atomic mass is 9.86. The normalized spacial score (nSPS) is 24.6. The third-order valence-corrected chi connectivity index (χ3v) is 3.58. The van der Waals surface area contributed by atoms with Crippen LogP contribution in [0.2, 0.25) is 0 Å². The van der Waals surface area contributed by atoms with Gasteiger partial charge in [-0.3, -0.25) is 9.89 Å². The van der Waals surface area contributed by atoms with Gasteiger partial charge >= 0.3 is 0 Å². The van der Waals surface area contributed by atoms with E-state index in [1.54, 1.807) is 6.92 Å². The summed E-state index contributed by atoms with van der Waals surface area (Å²) in [6, 6.07) is 1.74. The van der Waals surface area contributed by atoms with E-state index in [0.29, 0.717) is 17.4 Å². The van der Waals surface area contributed by atoms with Crippen LogP contribution in [0.5, 0.6) is 0 Å². The van der Waals surface area contributed by atoms with Gasteiger partial charge in [-0.1, -0.05) is 6.42 Å². The van der Waals surface area contributed by atoms with Crippen LogP contribution in [0.1, 0.15) is 43.1 Å². The second-order valence-electron chi connectivity index (χ2n) is 5.10. The van der Waals surface area contributed by atoms with E-state index in [1.165, 1.54) is 10.6 Å². The minimum absolute atomic E-state index is 0.114. The largest absolute Gasteiger partial charge is 0.328 e. The molecule has 3 rings (SSSR count). The van der Waals surface area contributed by atoms with Crippen LogP contribution in [0.4, 0.5) is 0 Å². The van der Waals surface area contributed by atoms with Crippen molar-refractivity contribution in [3.8, 4) is 0 Å². The zero-order valence-electron chi connectivity index (χ0n) is 10.4. The molecule has 2 aromatic rings. The molecular formula is C12H17N5O. The number of nitrogens with two attached hydrogens (primary N) is 1. The minimum atomic E-state index is -0.114. The number of hydrogen-bond acceptors (Lipinski definition) is 4. The lowest BCUT2D eigenvalue weighted by Gasteiger charge is -2.24. The quantitative estimate of drug-likeness (QED) is 0.776. The smallest absolute Gasteiger partial charge is 0.274 e. The first kappa shape index (κ1) is 11.4. The van der Waals surface area contributed by atoms with E-state index in [9.17, 15) is 4.79 Å². The Bertz CT molecular complexity index is 629. The molecule has 2 aromatic heterocycles. The van der Waals surface area contributed by atoms with Crippen LogP contribution < -0.4 is 11.3 Å². The summed E-state index contributed by atoms with van der Waals surface area (Å²) in [4.78, 5) is 20.5. The average Bonchev–Trinajstić information content (AvgIpc) is 2.73. The molecule has 0 bridgehead atoms. The lowest BCUT2D eigenvalue weighted by molar-refractivity contribution is 0.382. The first-order chi connectivity index (χ1) is 8.63. The van der Waals surface area contributed by atoms with Crippen LogP contribution in [-0.2, 0) is 0 Å². The molecule has 2 unspecified atom stereocenters. The molecule has 0 amide bonds. The molecule has 2 heterocycles. The van der Waals surface area contributed by atoms with Crippen LogP contribution in [0.15, 0.2) is 10.9 Å². The molecule has 3 N–H and O–H groups in total. The van der Waals surface area contributed by atoms with Crippen molar-refractivity contribution in [2.45, 2.75) is 44.6 Å². The number of aromatic amines is 1.